The molecule has 59 heavy (non-hydrogen) atoms. The van der Waals surface area contributed by atoms with E-state index in [1.54, 1.807) is 31.4 Å². The molecule has 302 valence electrons. The van der Waals surface area contributed by atoms with Gasteiger partial charge in [0, 0.05) is 62.1 Å². The molecule has 0 saturated heterocycles. The molecule has 8 N–H and O–H groups in total. The second kappa shape index (κ2) is 15.7. The van der Waals surface area contributed by atoms with E-state index in [0.29, 0.717) is 39.3 Å². The summed E-state index contributed by atoms with van der Waals surface area (Å²) in [7, 11) is 3.08. The second-order valence-corrected chi connectivity index (χ2v) is 13.9. The summed E-state index contributed by atoms with van der Waals surface area (Å²) < 4.78 is 17.2. The molecule has 0 atom stereocenters. The van der Waals surface area contributed by atoms with Crippen molar-refractivity contribution in [1.82, 2.24) is 9.13 Å². The van der Waals surface area contributed by atoms with Crippen LogP contribution < -0.4 is 66.9 Å². The van der Waals surface area contributed by atoms with Gasteiger partial charge in [-0.2, -0.15) is 0 Å². The highest BCUT2D eigenvalue weighted by molar-refractivity contribution is 6.22. The summed E-state index contributed by atoms with van der Waals surface area (Å²) in [6, 6.07) is 12.6. The summed E-state index contributed by atoms with van der Waals surface area (Å²) in [5, 5.41) is -0.167. The first-order chi connectivity index (χ1) is 28.3. The van der Waals surface area contributed by atoms with Crippen LogP contribution in [0.4, 0.5) is 22.7 Å². The van der Waals surface area contributed by atoms with Gasteiger partial charge in [0.25, 0.3) is 22.2 Å². The van der Waals surface area contributed by atoms with Crippen LogP contribution in [0.1, 0.15) is 12.8 Å². The summed E-state index contributed by atoms with van der Waals surface area (Å²) in [4.78, 5) is 104. The molecule has 0 bridgehead atoms. The van der Waals surface area contributed by atoms with Crippen molar-refractivity contribution in [3.05, 3.63) is 131 Å². The fourth-order valence-corrected chi connectivity index (χ4v) is 7.77. The molecule has 0 aliphatic rings. The Bertz CT molecular complexity index is 3260. The number of rotatable bonds is 11. The van der Waals surface area contributed by atoms with Gasteiger partial charge in [0.2, 0.25) is 0 Å². The molecular weight excluding hydrogens is 764 g/mol. The van der Waals surface area contributed by atoms with E-state index in [-0.39, 0.29) is 100 Å². The monoisotopic (exact) mass is 802 g/mol. The number of nitrogen functional groups attached to an aromatic ring is 4. The normalized spacial score (nSPS) is 11.8. The molecule has 8 rings (SSSR count). The van der Waals surface area contributed by atoms with E-state index in [0.717, 1.165) is 9.13 Å². The van der Waals surface area contributed by atoms with Crippen LogP contribution in [0.3, 0.4) is 0 Å². The Hall–Kier alpha value is -7.08. The molecule has 2 heterocycles. The van der Waals surface area contributed by atoms with Gasteiger partial charge in [-0.1, -0.05) is 48.5 Å². The Morgan fingerprint density at radius 3 is 0.983 bits per heavy atom. The third kappa shape index (κ3) is 6.22. The molecule has 0 amide bonds. The Morgan fingerprint density at radius 2 is 0.695 bits per heavy atom. The van der Waals surface area contributed by atoms with Gasteiger partial charge in [0.1, 0.15) is 0 Å². The van der Waals surface area contributed by atoms with E-state index in [4.69, 9.17) is 37.1 Å². The second-order valence-electron chi connectivity index (χ2n) is 13.9. The lowest BCUT2D eigenvalue weighted by Crippen LogP contribution is -2.26. The van der Waals surface area contributed by atoms with Crippen molar-refractivity contribution in [3.63, 3.8) is 0 Å². The third-order valence-electron chi connectivity index (χ3n) is 10.6. The predicted molar refractivity (Wildman–Crippen MR) is 230 cm³/mol. The first-order valence-corrected chi connectivity index (χ1v) is 18.4. The van der Waals surface area contributed by atoms with E-state index in [1.807, 2.05) is 0 Å². The number of benzene rings is 6. The predicted octanol–water partition coefficient (Wildman–Crippen LogP) is 0.947. The van der Waals surface area contributed by atoms with Crippen molar-refractivity contribution < 1.29 is 14.2 Å². The smallest absolute Gasteiger partial charge is 0.263 e. The molecule has 8 aromatic rings. The first kappa shape index (κ1) is 40.1. The Balaban J connectivity index is 0.000000180. The molecule has 0 fully saturated rings. The molecule has 0 spiro atoms. The fraction of sp³-hybridized carbons (Fsp3) is 0.238. The SMILES string of the molecule is COCCCn1c(=O)c2c(N)c3c(=O)c4ccccc4c(=O)c3c(N)c2c1=O.COCCOCCCn1c(=O)c2c(N)c3c(=O)c4ccccc4c(=O)c3c(N)c2c1=O. The fourth-order valence-electron chi connectivity index (χ4n) is 7.77. The van der Waals surface area contributed by atoms with Gasteiger partial charge in [0.15, 0.2) is 21.7 Å². The van der Waals surface area contributed by atoms with E-state index in [9.17, 15) is 38.4 Å². The van der Waals surface area contributed by atoms with Gasteiger partial charge in [-0.3, -0.25) is 47.5 Å². The van der Waals surface area contributed by atoms with E-state index in [2.05, 4.69) is 0 Å². The average Bonchev–Trinajstić information content (AvgIpc) is 3.64. The van der Waals surface area contributed by atoms with Crippen LogP contribution in [0, 0.1) is 0 Å². The third-order valence-corrected chi connectivity index (χ3v) is 10.6. The average molecular weight is 803 g/mol. The minimum absolute atomic E-state index is 0.0883. The maximum absolute atomic E-state index is 13.1. The van der Waals surface area contributed by atoms with Gasteiger partial charge in [-0.15, -0.1) is 0 Å². The van der Waals surface area contributed by atoms with Crippen molar-refractivity contribution in [2.45, 2.75) is 25.9 Å². The van der Waals surface area contributed by atoms with Crippen LogP contribution in [0.5, 0.6) is 0 Å². The number of methoxy groups -OCH3 is 2. The standard InChI is InChI=1S/C22H21N3O6.C20H17N3O5/c1-30-9-10-31-8-4-7-25-21(28)15-16(22(25)29)18(24)14-13(17(15)23)19(26)11-5-2-3-6-12(11)20(14)27;1-28-8-4-7-23-19(26)13-14(20(23)27)16(22)12-11(15(13)21)17(24)9-5-2-3-6-10(9)18(12)25/h2-3,5-6H,4,7-10,23-24H2,1H3;2-3,5-6H,4,7-8,21-22H2,1H3. The maximum Gasteiger partial charge on any atom is 0.263 e. The number of aromatic nitrogens is 2. The highest BCUT2D eigenvalue weighted by Crippen LogP contribution is 2.33. The van der Waals surface area contributed by atoms with Crippen molar-refractivity contribution in [2.75, 3.05) is 63.6 Å². The number of hydrogen-bond donors (Lipinski definition) is 4. The molecule has 17 heteroatoms. The Morgan fingerprint density at radius 1 is 0.407 bits per heavy atom. The molecular formula is C42H38N6O11. The maximum atomic E-state index is 13.1. The van der Waals surface area contributed by atoms with Crippen LogP contribution in [0.2, 0.25) is 0 Å². The van der Waals surface area contributed by atoms with Gasteiger partial charge in [0.05, 0.1) is 79.1 Å². The number of fused-ring (bicyclic) bond motifs is 6. The minimum Gasteiger partial charge on any atom is -0.397 e. The number of anilines is 4. The minimum atomic E-state index is -0.636. The summed E-state index contributed by atoms with van der Waals surface area (Å²) >= 11 is 0. The lowest BCUT2D eigenvalue weighted by Gasteiger charge is -2.07. The Kier molecular flexibility index (Phi) is 10.7. The molecule has 2 aromatic heterocycles. The summed E-state index contributed by atoms with van der Waals surface area (Å²) in [6.07, 6.45) is 0.836. The molecule has 0 saturated carbocycles. The van der Waals surface area contributed by atoms with Crippen molar-refractivity contribution >= 4 is 87.4 Å². The van der Waals surface area contributed by atoms with Crippen molar-refractivity contribution in [3.8, 4) is 0 Å². The van der Waals surface area contributed by atoms with Crippen LogP contribution in [-0.2, 0) is 27.3 Å². The largest absolute Gasteiger partial charge is 0.397 e. The molecule has 6 aromatic carbocycles. The molecule has 0 unspecified atom stereocenters. The highest BCUT2D eigenvalue weighted by atomic mass is 16.5. The highest BCUT2D eigenvalue weighted by Gasteiger charge is 2.27. The summed E-state index contributed by atoms with van der Waals surface area (Å²) in [6.45, 7) is 1.73. The van der Waals surface area contributed by atoms with Crippen LogP contribution in [0.25, 0.3) is 64.6 Å². The zero-order valence-corrected chi connectivity index (χ0v) is 32.0. The quantitative estimate of drug-likeness (QED) is 0.0613. The van der Waals surface area contributed by atoms with Crippen LogP contribution >= 0.6 is 0 Å². The lowest BCUT2D eigenvalue weighted by molar-refractivity contribution is 0.0679. The zero-order chi connectivity index (χ0) is 42.4. The zero-order valence-electron chi connectivity index (χ0n) is 32.0. The van der Waals surface area contributed by atoms with E-state index < -0.39 is 44.0 Å². The topological polar surface area (TPSA) is 278 Å². The van der Waals surface area contributed by atoms with Crippen LogP contribution in [-0.4, -0.2) is 49.8 Å². The molecule has 0 aliphatic carbocycles. The van der Waals surface area contributed by atoms with E-state index in [1.165, 1.54) is 31.4 Å². The lowest BCUT2D eigenvalue weighted by atomic mass is 9.97. The van der Waals surface area contributed by atoms with Gasteiger partial charge in [-0.25, -0.2) is 0 Å². The van der Waals surface area contributed by atoms with Gasteiger partial charge >= 0.3 is 0 Å². The van der Waals surface area contributed by atoms with Gasteiger partial charge < -0.3 is 37.1 Å². The Labute approximate surface area is 330 Å². The molecule has 17 nitrogen and oxygen atoms in total. The first-order valence-electron chi connectivity index (χ1n) is 18.4. The number of ether oxygens (including phenoxy) is 3. The van der Waals surface area contributed by atoms with Crippen LogP contribution in [0.15, 0.2) is 86.9 Å². The van der Waals surface area contributed by atoms with E-state index >= 15 is 0 Å². The number of nitrogens with two attached hydrogens (primary N) is 4. The number of hydrogen-bond acceptors (Lipinski definition) is 15. The molecule has 0 radical (unpaired) electrons. The molecule has 0 aliphatic heterocycles. The van der Waals surface area contributed by atoms with Crippen molar-refractivity contribution in [2.24, 2.45) is 0 Å². The van der Waals surface area contributed by atoms with Crippen molar-refractivity contribution in [1.29, 1.82) is 0 Å². The van der Waals surface area contributed by atoms with Gasteiger partial charge in [-0.05, 0) is 12.8 Å². The number of nitrogens with zero attached hydrogens (tertiary/aromatic N) is 2. The summed E-state index contributed by atoms with van der Waals surface area (Å²) in [5.74, 6) is 0. The summed E-state index contributed by atoms with van der Waals surface area (Å²) in [5.41, 5.74) is 19.4.